The molecule has 0 bridgehead atoms. The molecular formula is C17H15ClN2O4S. The number of hydrogen-bond acceptors (Lipinski definition) is 4. The smallest absolute Gasteiger partial charge is 0.257 e. The average Bonchev–Trinajstić information content (AvgIpc) is 2.77. The van der Waals surface area contributed by atoms with Gasteiger partial charge < -0.3 is 5.32 Å². The third kappa shape index (κ3) is 3.38. The second-order valence-corrected chi connectivity index (χ2v) is 8.04. The van der Waals surface area contributed by atoms with Crippen molar-refractivity contribution in [3.8, 4) is 0 Å². The molecule has 3 rings (SSSR count). The Hall–Kier alpha value is -2.38. The molecule has 130 valence electrons. The molecular weight excluding hydrogens is 364 g/mol. The minimum absolute atomic E-state index is 0.0885. The van der Waals surface area contributed by atoms with Gasteiger partial charge >= 0.3 is 0 Å². The highest BCUT2D eigenvalue weighted by atomic mass is 35.5. The van der Waals surface area contributed by atoms with E-state index < -0.39 is 27.8 Å². The number of anilines is 2. The maximum Gasteiger partial charge on any atom is 0.257 e. The number of halogens is 1. The first-order valence-electron chi connectivity index (χ1n) is 7.52. The number of carbonyl (C=O) groups is 2. The van der Waals surface area contributed by atoms with Crippen LogP contribution in [0.5, 0.6) is 0 Å². The van der Waals surface area contributed by atoms with E-state index in [0.29, 0.717) is 5.69 Å². The van der Waals surface area contributed by atoms with Crippen LogP contribution in [-0.2, 0) is 14.8 Å². The maximum atomic E-state index is 12.5. The molecule has 1 unspecified atom stereocenters. The number of nitrogens with one attached hydrogen (secondary N) is 1. The summed E-state index contributed by atoms with van der Waals surface area (Å²) in [5.74, 6) is -1.88. The van der Waals surface area contributed by atoms with E-state index in [1.54, 1.807) is 31.2 Å². The molecule has 1 N–H and O–H groups in total. The van der Waals surface area contributed by atoms with Gasteiger partial charge in [0.15, 0.2) is 0 Å². The zero-order chi connectivity index (χ0) is 18.2. The number of benzene rings is 2. The normalized spacial score (nSPS) is 19.0. The van der Waals surface area contributed by atoms with E-state index in [2.05, 4.69) is 5.32 Å². The van der Waals surface area contributed by atoms with E-state index in [1.807, 2.05) is 6.07 Å². The number of hydrogen-bond donors (Lipinski definition) is 1. The Morgan fingerprint density at radius 3 is 2.48 bits per heavy atom. The van der Waals surface area contributed by atoms with Gasteiger partial charge in [0.05, 0.1) is 27.9 Å². The summed E-state index contributed by atoms with van der Waals surface area (Å²) in [7, 11) is -3.74. The van der Waals surface area contributed by atoms with Crippen molar-refractivity contribution in [2.45, 2.75) is 6.92 Å². The molecule has 0 radical (unpaired) electrons. The topological polar surface area (TPSA) is 83.6 Å². The van der Waals surface area contributed by atoms with Crippen molar-refractivity contribution in [3.63, 3.8) is 0 Å². The van der Waals surface area contributed by atoms with Crippen LogP contribution in [0.15, 0.2) is 48.5 Å². The van der Waals surface area contributed by atoms with Gasteiger partial charge in [-0.2, -0.15) is 0 Å². The lowest BCUT2D eigenvalue weighted by Crippen LogP contribution is -2.30. The van der Waals surface area contributed by atoms with E-state index in [-0.39, 0.29) is 22.0 Å². The Kier molecular flexibility index (Phi) is 4.53. The van der Waals surface area contributed by atoms with Gasteiger partial charge in [-0.05, 0) is 30.3 Å². The van der Waals surface area contributed by atoms with Crippen molar-refractivity contribution in [2.75, 3.05) is 15.4 Å². The quantitative estimate of drug-likeness (QED) is 0.890. The van der Waals surface area contributed by atoms with Crippen LogP contribution in [0.1, 0.15) is 17.3 Å². The summed E-state index contributed by atoms with van der Waals surface area (Å²) in [5.41, 5.74) is 0.773. The first-order valence-corrected chi connectivity index (χ1v) is 9.51. The van der Waals surface area contributed by atoms with Gasteiger partial charge in [-0.15, -0.1) is 0 Å². The van der Waals surface area contributed by atoms with Crippen molar-refractivity contribution in [3.05, 3.63) is 59.1 Å². The standard InChI is InChI=1S/C17H15ClN2O4S/c1-11-10-25(23,24)20(17(11)22)13-7-8-15(18)14(9-13)16(21)19-12-5-3-2-4-6-12/h2-9,11H,10H2,1H3,(H,19,21). The summed E-state index contributed by atoms with van der Waals surface area (Å²) in [6.45, 7) is 1.55. The Morgan fingerprint density at radius 2 is 1.88 bits per heavy atom. The van der Waals surface area contributed by atoms with Gasteiger partial charge in [-0.3, -0.25) is 9.59 Å². The number of sulfonamides is 1. The molecule has 1 saturated heterocycles. The number of nitrogens with zero attached hydrogens (tertiary/aromatic N) is 1. The lowest BCUT2D eigenvalue weighted by atomic mass is 10.1. The zero-order valence-corrected chi connectivity index (χ0v) is 14.8. The summed E-state index contributed by atoms with van der Waals surface area (Å²) in [6.07, 6.45) is 0. The summed E-state index contributed by atoms with van der Waals surface area (Å²) < 4.78 is 25.2. The second kappa shape index (κ2) is 6.50. The highest BCUT2D eigenvalue weighted by Crippen LogP contribution is 2.31. The fourth-order valence-electron chi connectivity index (χ4n) is 2.62. The molecule has 1 heterocycles. The van der Waals surface area contributed by atoms with Gasteiger partial charge in [-0.25, -0.2) is 12.7 Å². The van der Waals surface area contributed by atoms with Crippen LogP contribution in [0.2, 0.25) is 5.02 Å². The molecule has 0 aliphatic carbocycles. The first kappa shape index (κ1) is 17.4. The Balaban J connectivity index is 1.96. The van der Waals surface area contributed by atoms with Crippen LogP contribution >= 0.6 is 11.6 Å². The molecule has 25 heavy (non-hydrogen) atoms. The van der Waals surface area contributed by atoms with Crippen molar-refractivity contribution in [2.24, 2.45) is 5.92 Å². The Morgan fingerprint density at radius 1 is 1.20 bits per heavy atom. The lowest BCUT2D eigenvalue weighted by molar-refractivity contribution is -0.119. The summed E-state index contributed by atoms with van der Waals surface area (Å²) in [5, 5.41) is 2.84. The molecule has 2 aromatic carbocycles. The van der Waals surface area contributed by atoms with Crippen LogP contribution in [0.4, 0.5) is 11.4 Å². The average molecular weight is 379 g/mol. The van der Waals surface area contributed by atoms with E-state index in [4.69, 9.17) is 11.6 Å². The summed E-state index contributed by atoms with van der Waals surface area (Å²) in [4.78, 5) is 24.7. The third-order valence-electron chi connectivity index (χ3n) is 3.82. The van der Waals surface area contributed by atoms with Crippen LogP contribution in [0.3, 0.4) is 0 Å². The third-order valence-corrected chi connectivity index (χ3v) is 6.02. The molecule has 1 fully saturated rings. The van der Waals surface area contributed by atoms with Crippen molar-refractivity contribution in [1.82, 2.24) is 0 Å². The van der Waals surface area contributed by atoms with Crippen LogP contribution < -0.4 is 9.62 Å². The fourth-order valence-corrected chi connectivity index (χ4v) is 4.64. The van der Waals surface area contributed by atoms with Crippen LogP contribution in [0, 0.1) is 5.92 Å². The minimum atomic E-state index is -3.74. The molecule has 2 aromatic rings. The number of rotatable bonds is 3. The summed E-state index contributed by atoms with van der Waals surface area (Å²) in [6, 6.07) is 12.9. The molecule has 1 aliphatic rings. The molecule has 2 amide bonds. The van der Waals surface area contributed by atoms with E-state index in [1.165, 1.54) is 18.2 Å². The molecule has 1 aliphatic heterocycles. The highest BCUT2D eigenvalue weighted by molar-refractivity contribution is 7.94. The van der Waals surface area contributed by atoms with E-state index in [0.717, 1.165) is 4.31 Å². The Bertz CT molecular complexity index is 944. The molecule has 0 spiro atoms. The molecule has 0 saturated carbocycles. The van der Waals surface area contributed by atoms with Crippen LogP contribution in [-0.4, -0.2) is 26.0 Å². The fraction of sp³-hybridized carbons (Fsp3) is 0.176. The number of para-hydroxylation sites is 1. The zero-order valence-electron chi connectivity index (χ0n) is 13.3. The predicted molar refractivity (Wildman–Crippen MR) is 96.3 cm³/mol. The van der Waals surface area contributed by atoms with Crippen molar-refractivity contribution < 1.29 is 18.0 Å². The maximum absolute atomic E-state index is 12.5. The van der Waals surface area contributed by atoms with Gasteiger partial charge in [-0.1, -0.05) is 36.7 Å². The van der Waals surface area contributed by atoms with E-state index in [9.17, 15) is 18.0 Å². The van der Waals surface area contributed by atoms with Crippen LogP contribution in [0.25, 0.3) is 0 Å². The Labute approximate surface area is 150 Å². The first-order chi connectivity index (χ1) is 11.8. The second-order valence-electron chi connectivity index (χ2n) is 5.77. The van der Waals surface area contributed by atoms with Gasteiger partial charge in [0.25, 0.3) is 5.91 Å². The van der Waals surface area contributed by atoms with Crippen molar-refractivity contribution in [1.29, 1.82) is 0 Å². The SMILES string of the molecule is CC1CS(=O)(=O)N(c2ccc(Cl)c(C(=O)Nc3ccccc3)c2)C1=O. The largest absolute Gasteiger partial charge is 0.322 e. The minimum Gasteiger partial charge on any atom is -0.322 e. The number of amides is 2. The molecule has 6 nitrogen and oxygen atoms in total. The number of carbonyl (C=O) groups excluding carboxylic acids is 2. The molecule has 1 atom stereocenters. The van der Waals surface area contributed by atoms with Gasteiger partial charge in [0.1, 0.15) is 0 Å². The highest BCUT2D eigenvalue weighted by Gasteiger charge is 2.42. The monoisotopic (exact) mass is 378 g/mol. The van der Waals surface area contributed by atoms with Gasteiger partial charge in [0.2, 0.25) is 15.9 Å². The molecule has 8 heteroatoms. The van der Waals surface area contributed by atoms with Crippen molar-refractivity contribution >= 4 is 44.8 Å². The molecule has 0 aromatic heterocycles. The van der Waals surface area contributed by atoms with E-state index >= 15 is 0 Å². The summed E-state index contributed by atoms with van der Waals surface area (Å²) >= 11 is 6.09. The lowest BCUT2D eigenvalue weighted by Gasteiger charge is -2.17. The predicted octanol–water partition coefficient (Wildman–Crippen LogP) is 2.90. The van der Waals surface area contributed by atoms with Gasteiger partial charge in [0, 0.05) is 5.69 Å².